The summed E-state index contributed by atoms with van der Waals surface area (Å²) in [4.78, 5) is 10.9. The van der Waals surface area contributed by atoms with Crippen LogP contribution in [0.2, 0.25) is 0 Å². The molecule has 0 fully saturated rings. The highest BCUT2D eigenvalue weighted by Gasteiger charge is 2.06. The van der Waals surface area contributed by atoms with E-state index in [-0.39, 0.29) is 5.82 Å². The molecule has 0 aliphatic rings. The Hall–Kier alpha value is -2.43. The minimum atomic E-state index is -0.232. The molecule has 3 nitrogen and oxygen atoms in total. The van der Waals surface area contributed by atoms with E-state index in [1.807, 2.05) is 18.0 Å². The van der Waals surface area contributed by atoms with Gasteiger partial charge >= 0.3 is 0 Å². The number of aromatic nitrogens is 2. The van der Waals surface area contributed by atoms with Crippen LogP contribution < -0.4 is 10.4 Å². The number of nitrogens with zero attached hydrogens (tertiary/aromatic N) is 3. The zero-order valence-electron chi connectivity index (χ0n) is 11.6. The summed E-state index contributed by atoms with van der Waals surface area (Å²) in [5.74, 6) is 0.529. The quantitative estimate of drug-likeness (QED) is 0.687. The number of hydrogen-bond donors (Lipinski definition) is 0. The monoisotopic (exact) mass is 277 g/mol. The van der Waals surface area contributed by atoms with E-state index in [0.29, 0.717) is 12.0 Å². The second-order valence-corrected chi connectivity index (χ2v) is 4.96. The highest BCUT2D eigenvalue weighted by Crippen LogP contribution is 2.16. The lowest BCUT2D eigenvalue weighted by atomic mass is 9.96. The molecule has 21 heavy (non-hydrogen) atoms. The van der Waals surface area contributed by atoms with Crippen molar-refractivity contribution in [2.45, 2.75) is 6.54 Å². The van der Waals surface area contributed by atoms with Crippen LogP contribution in [0, 0.1) is 5.82 Å². The van der Waals surface area contributed by atoms with Crippen LogP contribution >= 0.6 is 0 Å². The average Bonchev–Trinajstić information content (AvgIpc) is 2.49. The molecule has 3 rings (SSSR count). The van der Waals surface area contributed by atoms with Gasteiger partial charge in [0.25, 0.3) is 0 Å². The van der Waals surface area contributed by atoms with Gasteiger partial charge in [-0.3, -0.25) is 4.98 Å². The first-order chi connectivity index (χ1) is 10.1. The van der Waals surface area contributed by atoms with Crippen molar-refractivity contribution >= 4 is 30.2 Å². The van der Waals surface area contributed by atoms with Crippen molar-refractivity contribution < 1.29 is 4.39 Å². The molecule has 0 N–H and O–H groups in total. The van der Waals surface area contributed by atoms with Crippen molar-refractivity contribution in [2.24, 2.45) is 0 Å². The lowest BCUT2D eigenvalue weighted by Gasteiger charge is -2.18. The van der Waals surface area contributed by atoms with Crippen LogP contribution in [0.1, 0.15) is 5.56 Å². The van der Waals surface area contributed by atoms with Gasteiger partial charge in [-0.1, -0.05) is 23.7 Å². The Morgan fingerprint density at radius 3 is 2.62 bits per heavy atom. The van der Waals surface area contributed by atoms with Crippen molar-refractivity contribution in [1.29, 1.82) is 0 Å². The van der Waals surface area contributed by atoms with E-state index in [1.54, 1.807) is 30.5 Å². The summed E-state index contributed by atoms with van der Waals surface area (Å²) < 4.78 is 12.9. The van der Waals surface area contributed by atoms with Crippen molar-refractivity contribution in [2.75, 3.05) is 11.9 Å². The fourth-order valence-electron chi connectivity index (χ4n) is 2.15. The Bertz CT molecular complexity index is 774. The first kappa shape index (κ1) is 13.6. The van der Waals surface area contributed by atoms with Gasteiger partial charge < -0.3 is 4.90 Å². The van der Waals surface area contributed by atoms with E-state index in [1.165, 1.54) is 12.1 Å². The number of benzene rings is 2. The number of hydrogen-bond acceptors (Lipinski definition) is 3. The SMILES string of the molecule is [B]c1ccc2nc(N(C)Cc3ccc(F)cc3)cnc2c1. The third-order valence-electron chi connectivity index (χ3n) is 3.28. The molecular weight excluding hydrogens is 264 g/mol. The smallest absolute Gasteiger partial charge is 0.147 e. The molecule has 0 aliphatic heterocycles. The van der Waals surface area contributed by atoms with Crippen LogP contribution in [-0.2, 0) is 6.54 Å². The normalized spacial score (nSPS) is 10.8. The molecule has 0 aliphatic carbocycles. The first-order valence-electron chi connectivity index (χ1n) is 6.60. The summed E-state index contributed by atoms with van der Waals surface area (Å²) in [6, 6.07) is 11.9. The van der Waals surface area contributed by atoms with Crippen LogP contribution in [-0.4, -0.2) is 24.9 Å². The number of fused-ring (bicyclic) bond motifs is 1. The van der Waals surface area contributed by atoms with Gasteiger partial charge in [-0.05, 0) is 29.8 Å². The molecular formula is C16H13BFN3. The number of halogens is 1. The van der Waals surface area contributed by atoms with E-state index in [0.717, 1.165) is 22.4 Å². The van der Waals surface area contributed by atoms with Crippen LogP contribution in [0.3, 0.4) is 0 Å². The molecule has 1 heterocycles. The molecule has 0 unspecified atom stereocenters. The Balaban J connectivity index is 1.85. The highest BCUT2D eigenvalue weighted by molar-refractivity contribution is 6.33. The Morgan fingerprint density at radius 2 is 1.86 bits per heavy atom. The topological polar surface area (TPSA) is 29.0 Å². The van der Waals surface area contributed by atoms with E-state index in [4.69, 9.17) is 7.85 Å². The zero-order valence-corrected chi connectivity index (χ0v) is 11.6. The second-order valence-electron chi connectivity index (χ2n) is 4.96. The maximum atomic E-state index is 12.9. The number of anilines is 1. The molecule has 0 atom stereocenters. The molecule has 5 heteroatoms. The number of rotatable bonds is 3. The average molecular weight is 277 g/mol. The van der Waals surface area contributed by atoms with Crippen molar-refractivity contribution in [3.8, 4) is 0 Å². The van der Waals surface area contributed by atoms with Crippen molar-refractivity contribution in [1.82, 2.24) is 9.97 Å². The van der Waals surface area contributed by atoms with Gasteiger partial charge in [-0.25, -0.2) is 9.37 Å². The van der Waals surface area contributed by atoms with Gasteiger partial charge in [0.15, 0.2) is 0 Å². The van der Waals surface area contributed by atoms with Gasteiger partial charge in [0.1, 0.15) is 19.5 Å². The van der Waals surface area contributed by atoms with Crippen LogP contribution in [0.25, 0.3) is 11.0 Å². The fraction of sp³-hybridized carbons (Fsp3) is 0.125. The van der Waals surface area contributed by atoms with Crippen molar-refractivity contribution in [3.63, 3.8) is 0 Å². The van der Waals surface area contributed by atoms with Crippen LogP contribution in [0.15, 0.2) is 48.7 Å². The van der Waals surface area contributed by atoms with Gasteiger partial charge in [0, 0.05) is 13.6 Å². The molecule has 2 radical (unpaired) electrons. The Kier molecular flexibility index (Phi) is 3.56. The standard InChI is InChI=1S/C16H13BFN3/c1-21(10-11-2-5-13(18)6-3-11)16-9-19-15-8-12(17)4-7-14(15)20-16/h2-9H,10H2,1H3. The Labute approximate surface area is 123 Å². The predicted octanol–water partition coefficient (Wildman–Crippen LogP) is 2.20. The second kappa shape index (κ2) is 5.52. The van der Waals surface area contributed by atoms with E-state index < -0.39 is 0 Å². The molecule has 0 saturated heterocycles. The van der Waals surface area contributed by atoms with Crippen LogP contribution in [0.4, 0.5) is 10.2 Å². The molecule has 0 saturated carbocycles. The summed E-state index contributed by atoms with van der Waals surface area (Å²) in [6.07, 6.45) is 1.71. The molecule has 0 amide bonds. The van der Waals surface area contributed by atoms with E-state index >= 15 is 0 Å². The van der Waals surface area contributed by atoms with Crippen LogP contribution in [0.5, 0.6) is 0 Å². The predicted molar refractivity (Wildman–Crippen MR) is 83.4 cm³/mol. The largest absolute Gasteiger partial charge is 0.354 e. The van der Waals surface area contributed by atoms with Crippen molar-refractivity contribution in [3.05, 3.63) is 60.0 Å². The lowest BCUT2D eigenvalue weighted by Crippen LogP contribution is -2.18. The third-order valence-corrected chi connectivity index (χ3v) is 3.28. The summed E-state index contributed by atoms with van der Waals surface area (Å²) in [5.41, 5.74) is 3.25. The summed E-state index contributed by atoms with van der Waals surface area (Å²) in [5, 5.41) is 0. The van der Waals surface area contributed by atoms with Gasteiger partial charge in [0.05, 0.1) is 17.2 Å². The fourth-order valence-corrected chi connectivity index (χ4v) is 2.15. The summed E-state index contributed by atoms with van der Waals surface area (Å²) >= 11 is 0. The maximum Gasteiger partial charge on any atom is 0.147 e. The maximum absolute atomic E-state index is 12.9. The lowest BCUT2D eigenvalue weighted by molar-refractivity contribution is 0.627. The highest BCUT2D eigenvalue weighted by atomic mass is 19.1. The molecule has 3 aromatic rings. The Morgan fingerprint density at radius 1 is 1.10 bits per heavy atom. The molecule has 0 spiro atoms. The van der Waals surface area contributed by atoms with Gasteiger partial charge in [-0.2, -0.15) is 0 Å². The van der Waals surface area contributed by atoms with E-state index in [9.17, 15) is 4.39 Å². The summed E-state index contributed by atoms with van der Waals surface area (Å²) in [6.45, 7) is 0.634. The minimum absolute atomic E-state index is 0.232. The summed E-state index contributed by atoms with van der Waals surface area (Å²) in [7, 11) is 7.65. The van der Waals surface area contributed by atoms with Gasteiger partial charge in [-0.15, -0.1) is 0 Å². The minimum Gasteiger partial charge on any atom is -0.354 e. The molecule has 0 bridgehead atoms. The first-order valence-corrected chi connectivity index (χ1v) is 6.60. The molecule has 1 aromatic heterocycles. The van der Waals surface area contributed by atoms with Gasteiger partial charge in [0.2, 0.25) is 0 Å². The third kappa shape index (κ3) is 3.02. The van der Waals surface area contributed by atoms with E-state index in [2.05, 4.69) is 9.97 Å². The molecule has 2 aromatic carbocycles. The zero-order chi connectivity index (χ0) is 14.8. The molecule has 102 valence electrons.